The second kappa shape index (κ2) is 5.29. The molecule has 5 nitrogen and oxygen atoms in total. The fourth-order valence-electron chi connectivity index (χ4n) is 1.17. The molecular weight excluding hydrogens is 248 g/mol. The van der Waals surface area contributed by atoms with Crippen LogP contribution in [-0.4, -0.2) is 11.2 Å². The zero-order valence-corrected chi connectivity index (χ0v) is 10.5. The molecule has 2 rings (SSSR count). The number of anilines is 1. The van der Waals surface area contributed by atoms with E-state index in [2.05, 4.69) is 22.1 Å². The van der Waals surface area contributed by atoms with Gasteiger partial charge >= 0.3 is 0 Å². The molecule has 0 radical (unpaired) electrons. The van der Waals surface area contributed by atoms with Crippen LogP contribution >= 0.6 is 11.3 Å². The summed E-state index contributed by atoms with van der Waals surface area (Å²) in [5, 5.41) is 14.8. The first-order chi connectivity index (χ1) is 8.70. The minimum atomic E-state index is 0.163. The molecule has 0 saturated carbocycles. The van der Waals surface area contributed by atoms with Gasteiger partial charge in [-0.2, -0.15) is 15.3 Å². The fourth-order valence-corrected chi connectivity index (χ4v) is 1.76. The number of nitrogens with zero attached hydrogens (tertiary/aromatic N) is 3. The Morgan fingerprint density at radius 2 is 2.56 bits per heavy atom. The van der Waals surface area contributed by atoms with Crippen LogP contribution in [0.1, 0.15) is 23.4 Å². The van der Waals surface area contributed by atoms with Crippen molar-refractivity contribution < 1.29 is 4.42 Å². The van der Waals surface area contributed by atoms with E-state index in [0.717, 1.165) is 4.88 Å². The molecular formula is C12H10N4OS. The SMILES string of the molecule is C=C(C)c1nc(C#N)c(N/N=C/c2cccs2)o1. The predicted molar refractivity (Wildman–Crippen MR) is 71.5 cm³/mol. The molecule has 0 aliphatic heterocycles. The summed E-state index contributed by atoms with van der Waals surface area (Å²) >= 11 is 1.56. The molecule has 0 atom stereocenters. The summed E-state index contributed by atoms with van der Waals surface area (Å²) in [6.07, 6.45) is 1.65. The topological polar surface area (TPSA) is 74.2 Å². The average molecular weight is 258 g/mol. The molecule has 0 unspecified atom stereocenters. The van der Waals surface area contributed by atoms with Crippen LogP contribution in [0.15, 0.2) is 33.6 Å². The normalized spacial score (nSPS) is 10.4. The van der Waals surface area contributed by atoms with E-state index >= 15 is 0 Å². The monoisotopic (exact) mass is 258 g/mol. The minimum absolute atomic E-state index is 0.163. The highest BCUT2D eigenvalue weighted by atomic mass is 32.1. The van der Waals surface area contributed by atoms with Gasteiger partial charge in [0.25, 0.3) is 5.88 Å². The first-order valence-corrected chi connectivity index (χ1v) is 5.98. The predicted octanol–water partition coefficient (Wildman–Crippen LogP) is 3.09. The molecule has 0 aliphatic rings. The van der Waals surface area contributed by atoms with Crippen LogP contribution in [-0.2, 0) is 0 Å². The molecule has 90 valence electrons. The Bertz CT molecular complexity index is 619. The van der Waals surface area contributed by atoms with Gasteiger partial charge in [-0.15, -0.1) is 11.3 Å². The number of aromatic nitrogens is 1. The van der Waals surface area contributed by atoms with Crippen LogP contribution in [0.2, 0.25) is 0 Å². The number of nitrogens with one attached hydrogen (secondary N) is 1. The van der Waals surface area contributed by atoms with Crippen LogP contribution in [0.4, 0.5) is 5.88 Å². The summed E-state index contributed by atoms with van der Waals surface area (Å²) in [4.78, 5) is 4.98. The summed E-state index contributed by atoms with van der Waals surface area (Å²) < 4.78 is 5.33. The molecule has 1 N–H and O–H groups in total. The first-order valence-electron chi connectivity index (χ1n) is 5.10. The van der Waals surface area contributed by atoms with Gasteiger partial charge in [-0.25, -0.2) is 5.43 Å². The summed E-state index contributed by atoms with van der Waals surface area (Å²) in [5.41, 5.74) is 3.48. The molecule has 18 heavy (non-hydrogen) atoms. The number of nitriles is 1. The molecule has 0 fully saturated rings. The maximum absolute atomic E-state index is 8.90. The van der Waals surface area contributed by atoms with Crippen LogP contribution in [0.25, 0.3) is 5.57 Å². The Morgan fingerprint density at radius 1 is 1.72 bits per heavy atom. The van der Waals surface area contributed by atoms with Gasteiger partial charge in [0.2, 0.25) is 11.6 Å². The highest BCUT2D eigenvalue weighted by Gasteiger charge is 2.12. The quantitative estimate of drug-likeness (QED) is 0.675. The van der Waals surface area contributed by atoms with Crippen molar-refractivity contribution >= 4 is 29.0 Å². The van der Waals surface area contributed by atoms with Crippen molar-refractivity contribution in [2.75, 3.05) is 5.43 Å². The molecule has 0 amide bonds. The number of thiophene rings is 1. The molecule has 2 heterocycles. The smallest absolute Gasteiger partial charge is 0.252 e. The summed E-state index contributed by atoms with van der Waals surface area (Å²) in [7, 11) is 0. The van der Waals surface area contributed by atoms with Crippen molar-refractivity contribution in [3.63, 3.8) is 0 Å². The zero-order valence-electron chi connectivity index (χ0n) is 9.67. The van der Waals surface area contributed by atoms with E-state index in [1.165, 1.54) is 0 Å². The third-order valence-electron chi connectivity index (χ3n) is 2.00. The number of rotatable bonds is 4. The third kappa shape index (κ3) is 2.64. The van der Waals surface area contributed by atoms with Crippen molar-refractivity contribution in [3.8, 4) is 6.07 Å². The van der Waals surface area contributed by atoms with Gasteiger partial charge in [-0.1, -0.05) is 12.6 Å². The lowest BCUT2D eigenvalue weighted by atomic mass is 10.3. The van der Waals surface area contributed by atoms with Crippen molar-refractivity contribution in [2.45, 2.75) is 6.92 Å². The summed E-state index contributed by atoms with van der Waals surface area (Å²) in [6, 6.07) is 5.80. The van der Waals surface area contributed by atoms with Gasteiger partial charge in [0.1, 0.15) is 6.07 Å². The van der Waals surface area contributed by atoms with Gasteiger partial charge in [0.05, 0.1) is 6.21 Å². The highest BCUT2D eigenvalue weighted by molar-refractivity contribution is 7.11. The molecule has 2 aromatic rings. The molecule has 0 bridgehead atoms. The third-order valence-corrected chi connectivity index (χ3v) is 2.81. The van der Waals surface area contributed by atoms with E-state index in [1.807, 2.05) is 23.6 Å². The lowest BCUT2D eigenvalue weighted by molar-refractivity contribution is 0.554. The first kappa shape index (κ1) is 12.1. The Hall–Kier alpha value is -2.39. The van der Waals surface area contributed by atoms with Crippen molar-refractivity contribution in [2.24, 2.45) is 5.10 Å². The Morgan fingerprint density at radius 3 is 3.17 bits per heavy atom. The number of hydrogen-bond acceptors (Lipinski definition) is 6. The molecule has 6 heteroatoms. The maximum Gasteiger partial charge on any atom is 0.252 e. The minimum Gasteiger partial charge on any atom is -0.418 e. The summed E-state index contributed by atoms with van der Waals surface area (Å²) in [5.74, 6) is 0.559. The standard InChI is InChI=1S/C12H10N4OS/c1-8(2)11-15-10(6-13)12(17-11)16-14-7-9-4-3-5-18-9/h3-5,7,16H,1H2,2H3/b14-7+. The Balaban J connectivity index is 2.14. The van der Waals surface area contributed by atoms with Crippen LogP contribution < -0.4 is 5.43 Å². The zero-order chi connectivity index (χ0) is 13.0. The second-order valence-electron chi connectivity index (χ2n) is 3.47. The van der Waals surface area contributed by atoms with E-state index in [1.54, 1.807) is 24.5 Å². The fraction of sp³-hybridized carbons (Fsp3) is 0.0833. The maximum atomic E-state index is 8.90. The lowest BCUT2D eigenvalue weighted by Gasteiger charge is -1.93. The second-order valence-corrected chi connectivity index (χ2v) is 4.45. The number of oxazole rings is 1. The molecule has 0 spiro atoms. The lowest BCUT2D eigenvalue weighted by Crippen LogP contribution is -1.90. The van der Waals surface area contributed by atoms with Crippen LogP contribution in [0, 0.1) is 11.3 Å². The Kier molecular flexibility index (Phi) is 3.55. The molecule has 0 aromatic carbocycles. The number of hydrazone groups is 1. The number of allylic oxidation sites excluding steroid dienone is 1. The van der Waals surface area contributed by atoms with Crippen LogP contribution in [0.5, 0.6) is 0 Å². The highest BCUT2D eigenvalue weighted by Crippen LogP contribution is 2.20. The van der Waals surface area contributed by atoms with E-state index in [-0.39, 0.29) is 11.6 Å². The van der Waals surface area contributed by atoms with Gasteiger partial charge in [-0.05, 0) is 18.4 Å². The Labute approximate surface area is 108 Å². The summed E-state index contributed by atoms with van der Waals surface area (Å²) in [6.45, 7) is 5.46. The average Bonchev–Trinajstić information content (AvgIpc) is 2.97. The van der Waals surface area contributed by atoms with Crippen molar-refractivity contribution in [3.05, 3.63) is 40.6 Å². The van der Waals surface area contributed by atoms with Crippen molar-refractivity contribution in [1.29, 1.82) is 5.26 Å². The van der Waals surface area contributed by atoms with E-state index in [4.69, 9.17) is 9.68 Å². The molecule has 0 saturated heterocycles. The van der Waals surface area contributed by atoms with Gasteiger partial charge in [-0.3, -0.25) is 0 Å². The molecule has 0 aliphatic carbocycles. The van der Waals surface area contributed by atoms with Crippen LogP contribution in [0.3, 0.4) is 0 Å². The van der Waals surface area contributed by atoms with E-state index in [9.17, 15) is 0 Å². The van der Waals surface area contributed by atoms with Gasteiger partial charge in [0, 0.05) is 10.5 Å². The largest absolute Gasteiger partial charge is 0.418 e. The number of hydrogen-bond donors (Lipinski definition) is 1. The molecule has 2 aromatic heterocycles. The van der Waals surface area contributed by atoms with E-state index in [0.29, 0.717) is 11.5 Å². The van der Waals surface area contributed by atoms with Gasteiger partial charge < -0.3 is 4.42 Å². The van der Waals surface area contributed by atoms with E-state index < -0.39 is 0 Å². The van der Waals surface area contributed by atoms with Crippen molar-refractivity contribution in [1.82, 2.24) is 4.98 Å². The van der Waals surface area contributed by atoms with Gasteiger partial charge in [0.15, 0.2) is 0 Å².